The van der Waals surface area contributed by atoms with E-state index < -0.39 is 16.5 Å². The van der Waals surface area contributed by atoms with Crippen LogP contribution in [0.5, 0.6) is 0 Å². The van der Waals surface area contributed by atoms with Gasteiger partial charge in [-0.15, -0.1) is 0 Å². The normalized spacial score (nSPS) is 19.3. The molecular formula is C19H18BrNO4. The Morgan fingerprint density at radius 1 is 1.16 bits per heavy atom. The first-order valence-corrected chi connectivity index (χ1v) is 8.80. The van der Waals surface area contributed by atoms with Crippen LogP contribution in [0.1, 0.15) is 42.1 Å². The molecule has 0 aliphatic heterocycles. The van der Waals surface area contributed by atoms with Crippen LogP contribution >= 0.6 is 15.9 Å². The molecule has 0 saturated heterocycles. The van der Waals surface area contributed by atoms with Gasteiger partial charge in [-0.25, -0.2) is 4.79 Å². The van der Waals surface area contributed by atoms with Crippen LogP contribution in [0.15, 0.2) is 53.0 Å². The Morgan fingerprint density at radius 3 is 2.32 bits per heavy atom. The third-order valence-corrected chi connectivity index (χ3v) is 5.18. The predicted octanol–water partition coefficient (Wildman–Crippen LogP) is 5.10. The summed E-state index contributed by atoms with van der Waals surface area (Å²) < 4.78 is 6.74. The summed E-state index contributed by atoms with van der Waals surface area (Å²) in [6, 6.07) is 13.7. The zero-order valence-corrected chi connectivity index (χ0v) is 15.5. The van der Waals surface area contributed by atoms with Gasteiger partial charge in [0.1, 0.15) is 5.60 Å². The van der Waals surface area contributed by atoms with Gasteiger partial charge in [-0.3, -0.25) is 10.1 Å². The average molecular weight is 404 g/mol. The number of ether oxygens (including phenoxy) is 1. The van der Waals surface area contributed by atoms with Gasteiger partial charge < -0.3 is 4.74 Å². The van der Waals surface area contributed by atoms with Crippen molar-refractivity contribution >= 4 is 27.6 Å². The van der Waals surface area contributed by atoms with Crippen molar-refractivity contribution in [2.75, 3.05) is 0 Å². The van der Waals surface area contributed by atoms with Gasteiger partial charge in [0.15, 0.2) is 0 Å². The molecule has 130 valence electrons. The maximum Gasteiger partial charge on any atom is 0.338 e. The van der Waals surface area contributed by atoms with Crippen LogP contribution < -0.4 is 0 Å². The summed E-state index contributed by atoms with van der Waals surface area (Å²) in [6.07, 6.45) is 0.974. The van der Waals surface area contributed by atoms with E-state index in [0.717, 1.165) is 10.9 Å². The lowest BCUT2D eigenvalue weighted by Gasteiger charge is -2.26. The van der Waals surface area contributed by atoms with Crippen molar-refractivity contribution in [2.45, 2.75) is 31.8 Å². The summed E-state index contributed by atoms with van der Waals surface area (Å²) in [6.45, 7) is 3.83. The number of nitro benzene ring substituents is 1. The summed E-state index contributed by atoms with van der Waals surface area (Å²) in [5.74, 6) is 0.185. The van der Waals surface area contributed by atoms with E-state index in [0.29, 0.717) is 11.5 Å². The summed E-state index contributed by atoms with van der Waals surface area (Å²) >= 11 is 3.43. The highest BCUT2D eigenvalue weighted by molar-refractivity contribution is 9.10. The number of non-ortho nitro benzene ring substituents is 1. The second kappa shape index (κ2) is 6.59. The van der Waals surface area contributed by atoms with Crippen LogP contribution in [0.25, 0.3) is 0 Å². The van der Waals surface area contributed by atoms with Crippen LogP contribution in [0.2, 0.25) is 0 Å². The number of nitrogens with zero attached hydrogens (tertiary/aromatic N) is 1. The molecule has 3 rings (SSSR count). The minimum atomic E-state index is -0.601. The molecule has 2 aromatic carbocycles. The molecule has 1 aliphatic rings. The van der Waals surface area contributed by atoms with Crippen LogP contribution in [-0.4, -0.2) is 16.5 Å². The number of halogens is 1. The van der Waals surface area contributed by atoms with E-state index >= 15 is 0 Å². The number of esters is 1. The maximum absolute atomic E-state index is 12.4. The fraction of sp³-hybridized carbons (Fsp3) is 0.316. The van der Waals surface area contributed by atoms with Crippen LogP contribution in [0.4, 0.5) is 5.69 Å². The Bertz CT molecular complexity index is 799. The quantitative estimate of drug-likeness (QED) is 0.395. The number of hydrogen-bond donors (Lipinski definition) is 0. The van der Waals surface area contributed by atoms with Crippen molar-refractivity contribution < 1.29 is 14.5 Å². The molecule has 0 unspecified atom stereocenters. The van der Waals surface area contributed by atoms with Gasteiger partial charge in [0.25, 0.3) is 5.69 Å². The molecule has 25 heavy (non-hydrogen) atoms. The molecule has 2 atom stereocenters. The Balaban J connectivity index is 1.66. The molecule has 0 amide bonds. The molecule has 6 heteroatoms. The van der Waals surface area contributed by atoms with Crippen molar-refractivity contribution in [3.05, 3.63) is 74.2 Å². The molecule has 0 N–H and O–H groups in total. The summed E-state index contributed by atoms with van der Waals surface area (Å²) in [5, 5.41) is 10.7. The van der Waals surface area contributed by atoms with Crippen LogP contribution in [-0.2, 0) is 4.74 Å². The minimum Gasteiger partial charge on any atom is -0.456 e. The molecule has 0 heterocycles. The van der Waals surface area contributed by atoms with E-state index in [9.17, 15) is 14.9 Å². The van der Waals surface area contributed by atoms with E-state index in [-0.39, 0.29) is 11.6 Å². The number of hydrogen-bond acceptors (Lipinski definition) is 4. The fourth-order valence-electron chi connectivity index (χ4n) is 3.13. The van der Waals surface area contributed by atoms with Gasteiger partial charge in [0.05, 0.1) is 10.5 Å². The first kappa shape index (κ1) is 17.6. The van der Waals surface area contributed by atoms with Crippen LogP contribution in [0.3, 0.4) is 0 Å². The Morgan fingerprint density at radius 2 is 1.76 bits per heavy atom. The summed E-state index contributed by atoms with van der Waals surface area (Å²) in [5.41, 5.74) is 0.914. The van der Waals surface area contributed by atoms with Gasteiger partial charge in [-0.1, -0.05) is 28.1 Å². The fourth-order valence-corrected chi connectivity index (χ4v) is 3.40. The van der Waals surface area contributed by atoms with Crippen molar-refractivity contribution in [1.82, 2.24) is 0 Å². The average Bonchev–Trinajstić information content (AvgIpc) is 3.37. The van der Waals surface area contributed by atoms with Crippen molar-refractivity contribution in [1.29, 1.82) is 0 Å². The zero-order valence-electron chi connectivity index (χ0n) is 13.9. The molecule has 0 spiro atoms. The molecule has 2 aromatic rings. The Labute approximate surface area is 154 Å². The molecule has 1 saturated carbocycles. The lowest BCUT2D eigenvalue weighted by atomic mass is 9.98. The monoisotopic (exact) mass is 403 g/mol. The Kier molecular flexibility index (Phi) is 4.64. The van der Waals surface area contributed by atoms with Gasteiger partial charge in [-0.05, 0) is 56.0 Å². The van der Waals surface area contributed by atoms with E-state index in [4.69, 9.17) is 4.74 Å². The largest absolute Gasteiger partial charge is 0.456 e. The van der Waals surface area contributed by atoms with E-state index in [1.807, 2.05) is 26.0 Å². The number of nitro groups is 1. The van der Waals surface area contributed by atoms with Crippen molar-refractivity contribution in [2.24, 2.45) is 5.92 Å². The molecule has 5 nitrogen and oxygen atoms in total. The standard InChI is InChI=1S/C19H18BrNO4/c1-19(2,17-11-16(17)12-3-7-14(20)8-4-12)25-18(22)13-5-9-15(10-6-13)21(23)24/h3-10,16-17H,11H2,1-2H3/t16-,17+/m0/s1. The predicted molar refractivity (Wildman–Crippen MR) is 97.6 cm³/mol. The van der Waals surface area contributed by atoms with Gasteiger partial charge in [0, 0.05) is 22.5 Å². The van der Waals surface area contributed by atoms with Gasteiger partial charge in [-0.2, -0.15) is 0 Å². The van der Waals surface area contributed by atoms with Crippen molar-refractivity contribution in [3.63, 3.8) is 0 Å². The molecule has 0 aromatic heterocycles. The van der Waals surface area contributed by atoms with E-state index in [1.165, 1.54) is 29.8 Å². The molecule has 1 aliphatic carbocycles. The third kappa shape index (κ3) is 3.90. The SMILES string of the molecule is CC(C)(OC(=O)c1ccc([N+](=O)[O-])cc1)[C@@H]1C[C@H]1c1ccc(Br)cc1. The molecular weight excluding hydrogens is 386 g/mol. The lowest BCUT2D eigenvalue weighted by molar-refractivity contribution is -0.384. The zero-order chi connectivity index (χ0) is 18.2. The maximum atomic E-state index is 12.4. The number of benzene rings is 2. The summed E-state index contributed by atoms with van der Waals surface area (Å²) in [7, 11) is 0. The summed E-state index contributed by atoms with van der Waals surface area (Å²) in [4.78, 5) is 22.6. The lowest BCUT2D eigenvalue weighted by Crippen LogP contribution is -2.31. The number of carbonyl (C=O) groups excluding carboxylic acids is 1. The smallest absolute Gasteiger partial charge is 0.338 e. The first-order valence-electron chi connectivity index (χ1n) is 8.01. The topological polar surface area (TPSA) is 69.4 Å². The van der Waals surface area contributed by atoms with Crippen LogP contribution in [0, 0.1) is 16.0 Å². The van der Waals surface area contributed by atoms with E-state index in [1.54, 1.807) is 0 Å². The number of carbonyl (C=O) groups is 1. The highest BCUT2D eigenvalue weighted by atomic mass is 79.9. The molecule has 0 bridgehead atoms. The van der Waals surface area contributed by atoms with Gasteiger partial charge >= 0.3 is 5.97 Å². The molecule has 1 fully saturated rings. The second-order valence-corrected chi connectivity index (χ2v) is 7.71. The van der Waals surface area contributed by atoms with E-state index in [2.05, 4.69) is 28.1 Å². The molecule has 0 radical (unpaired) electrons. The first-order chi connectivity index (χ1) is 11.8. The Hall–Kier alpha value is -2.21. The minimum absolute atomic E-state index is 0.0479. The second-order valence-electron chi connectivity index (χ2n) is 6.80. The highest BCUT2D eigenvalue weighted by Gasteiger charge is 2.50. The third-order valence-electron chi connectivity index (χ3n) is 4.65. The number of rotatable bonds is 5. The van der Waals surface area contributed by atoms with Gasteiger partial charge in [0.2, 0.25) is 0 Å². The van der Waals surface area contributed by atoms with Crippen molar-refractivity contribution in [3.8, 4) is 0 Å². The highest BCUT2D eigenvalue weighted by Crippen LogP contribution is 2.54.